The van der Waals surface area contributed by atoms with Gasteiger partial charge in [0.2, 0.25) is 0 Å². The molecule has 0 spiro atoms. The molecule has 11 heavy (non-hydrogen) atoms. The van der Waals surface area contributed by atoms with Crippen molar-refractivity contribution < 1.29 is 14.2 Å². The maximum Gasteiger partial charge on any atom is 0.158 e. The van der Waals surface area contributed by atoms with E-state index in [-0.39, 0.29) is 12.4 Å². The van der Waals surface area contributed by atoms with E-state index in [1.807, 2.05) is 0 Å². The minimum Gasteiger partial charge on any atom is -0.379 e. The summed E-state index contributed by atoms with van der Waals surface area (Å²) in [7, 11) is 0. The van der Waals surface area contributed by atoms with Crippen LogP contribution in [0, 0.1) is 0 Å². The second-order valence-corrected chi connectivity index (χ2v) is 3.06. The van der Waals surface area contributed by atoms with Gasteiger partial charge < -0.3 is 14.2 Å². The zero-order valence-corrected chi connectivity index (χ0v) is 6.62. The lowest BCUT2D eigenvalue weighted by atomic mass is 10.3. The van der Waals surface area contributed by atoms with E-state index in [1.54, 1.807) is 0 Å². The van der Waals surface area contributed by atoms with E-state index < -0.39 is 0 Å². The van der Waals surface area contributed by atoms with Gasteiger partial charge in [-0.1, -0.05) is 0 Å². The van der Waals surface area contributed by atoms with Crippen LogP contribution in [0.4, 0.5) is 0 Å². The van der Waals surface area contributed by atoms with E-state index in [1.165, 1.54) is 0 Å². The highest BCUT2D eigenvalue weighted by Gasteiger charge is 2.23. The fourth-order valence-electron chi connectivity index (χ4n) is 1.49. The molecule has 2 aliphatic heterocycles. The molecule has 2 atom stereocenters. The van der Waals surface area contributed by atoms with Gasteiger partial charge in [0.05, 0.1) is 12.7 Å². The van der Waals surface area contributed by atoms with E-state index in [4.69, 9.17) is 14.2 Å². The lowest BCUT2D eigenvalue weighted by molar-refractivity contribution is -0.143. The summed E-state index contributed by atoms with van der Waals surface area (Å²) in [4.78, 5) is 0. The zero-order valence-electron chi connectivity index (χ0n) is 6.62. The molecule has 0 saturated carbocycles. The van der Waals surface area contributed by atoms with Crippen molar-refractivity contribution in [1.82, 2.24) is 0 Å². The van der Waals surface area contributed by atoms with Crippen LogP contribution in [-0.2, 0) is 14.2 Å². The maximum absolute atomic E-state index is 5.62. The second kappa shape index (κ2) is 3.52. The van der Waals surface area contributed by atoms with Crippen LogP contribution < -0.4 is 0 Å². The van der Waals surface area contributed by atoms with Crippen LogP contribution in [0.2, 0.25) is 0 Å². The Hall–Kier alpha value is -0.120. The average molecular weight is 158 g/mol. The smallest absolute Gasteiger partial charge is 0.158 e. The van der Waals surface area contributed by atoms with Crippen LogP contribution in [0.5, 0.6) is 0 Å². The third-order valence-electron chi connectivity index (χ3n) is 2.12. The first-order chi connectivity index (χ1) is 5.45. The van der Waals surface area contributed by atoms with Gasteiger partial charge in [-0.2, -0.15) is 0 Å². The summed E-state index contributed by atoms with van der Waals surface area (Å²) >= 11 is 0. The van der Waals surface area contributed by atoms with E-state index in [0.717, 1.165) is 39.1 Å². The van der Waals surface area contributed by atoms with Crippen molar-refractivity contribution in [2.75, 3.05) is 19.8 Å². The van der Waals surface area contributed by atoms with Gasteiger partial charge in [-0.05, 0) is 12.8 Å². The highest BCUT2D eigenvalue weighted by Crippen LogP contribution is 2.18. The maximum atomic E-state index is 5.62. The second-order valence-electron chi connectivity index (χ2n) is 3.06. The van der Waals surface area contributed by atoms with Gasteiger partial charge in [-0.25, -0.2) is 0 Å². The molecule has 0 aliphatic carbocycles. The normalized spacial score (nSPS) is 38.2. The zero-order chi connectivity index (χ0) is 7.52. The Morgan fingerprint density at radius 1 is 1.18 bits per heavy atom. The summed E-state index contributed by atoms with van der Waals surface area (Å²) in [5.41, 5.74) is 0. The fraction of sp³-hybridized carbons (Fsp3) is 1.00. The highest BCUT2D eigenvalue weighted by molar-refractivity contribution is 4.65. The predicted molar refractivity (Wildman–Crippen MR) is 39.3 cm³/mol. The summed E-state index contributed by atoms with van der Waals surface area (Å²) in [6.45, 7) is 2.45. The summed E-state index contributed by atoms with van der Waals surface area (Å²) in [6, 6.07) is 0. The Morgan fingerprint density at radius 3 is 2.82 bits per heavy atom. The van der Waals surface area contributed by atoms with E-state index in [0.29, 0.717) is 0 Å². The Bertz CT molecular complexity index is 101. The summed E-state index contributed by atoms with van der Waals surface area (Å²) in [6.07, 6.45) is 3.56. The molecule has 2 saturated heterocycles. The fourth-order valence-corrected chi connectivity index (χ4v) is 1.49. The molecule has 2 rings (SSSR count). The van der Waals surface area contributed by atoms with Crippen LogP contribution in [-0.4, -0.2) is 32.2 Å². The molecule has 2 fully saturated rings. The highest BCUT2D eigenvalue weighted by atomic mass is 16.7. The molecule has 0 amide bonds. The van der Waals surface area contributed by atoms with Crippen molar-refractivity contribution in [3.05, 3.63) is 0 Å². The Morgan fingerprint density at radius 2 is 2.18 bits per heavy atom. The van der Waals surface area contributed by atoms with Crippen LogP contribution in [0.1, 0.15) is 19.3 Å². The van der Waals surface area contributed by atoms with Crippen molar-refractivity contribution in [3.8, 4) is 0 Å². The Labute approximate surface area is 66.6 Å². The van der Waals surface area contributed by atoms with Crippen molar-refractivity contribution in [3.63, 3.8) is 0 Å². The van der Waals surface area contributed by atoms with Crippen LogP contribution in [0.25, 0.3) is 0 Å². The molecule has 0 radical (unpaired) electrons. The van der Waals surface area contributed by atoms with E-state index in [2.05, 4.69) is 0 Å². The standard InChI is InChI=1S/C8H14O3/c1-2-8(10-4-1)11-7-3-5-9-6-7/h7-8H,1-6H2/t7-,8-/m0/s1. The van der Waals surface area contributed by atoms with Crippen LogP contribution in [0.3, 0.4) is 0 Å². The third kappa shape index (κ3) is 1.92. The monoisotopic (exact) mass is 158 g/mol. The molecule has 0 aromatic heterocycles. The number of ether oxygens (including phenoxy) is 3. The number of rotatable bonds is 2. The number of hydrogen-bond acceptors (Lipinski definition) is 3. The molecule has 0 aromatic carbocycles. The first kappa shape index (κ1) is 7.53. The van der Waals surface area contributed by atoms with Crippen molar-refractivity contribution in [2.24, 2.45) is 0 Å². The van der Waals surface area contributed by atoms with Gasteiger partial charge in [0.25, 0.3) is 0 Å². The summed E-state index contributed by atoms with van der Waals surface area (Å²) in [5, 5.41) is 0. The molecule has 2 heterocycles. The van der Waals surface area contributed by atoms with Crippen LogP contribution >= 0.6 is 0 Å². The Balaban J connectivity index is 1.71. The van der Waals surface area contributed by atoms with E-state index in [9.17, 15) is 0 Å². The van der Waals surface area contributed by atoms with Crippen LogP contribution in [0.15, 0.2) is 0 Å². The lowest BCUT2D eigenvalue weighted by Gasteiger charge is -2.15. The molecule has 64 valence electrons. The van der Waals surface area contributed by atoms with Gasteiger partial charge in [0, 0.05) is 19.6 Å². The molecule has 3 heteroatoms. The van der Waals surface area contributed by atoms with Gasteiger partial charge in [0.1, 0.15) is 0 Å². The quantitative estimate of drug-likeness (QED) is 0.598. The van der Waals surface area contributed by atoms with Crippen molar-refractivity contribution in [1.29, 1.82) is 0 Å². The van der Waals surface area contributed by atoms with Gasteiger partial charge in [-0.15, -0.1) is 0 Å². The molecule has 0 N–H and O–H groups in total. The topological polar surface area (TPSA) is 27.7 Å². The minimum atomic E-state index is 0.0571. The molecule has 3 nitrogen and oxygen atoms in total. The molecular weight excluding hydrogens is 144 g/mol. The molecule has 0 bridgehead atoms. The SMILES string of the molecule is C1CO[C@@H](O[C@H]2CCOC2)C1. The molecule has 2 aliphatic rings. The first-order valence-electron chi connectivity index (χ1n) is 4.30. The van der Waals surface area contributed by atoms with Crippen molar-refractivity contribution in [2.45, 2.75) is 31.7 Å². The van der Waals surface area contributed by atoms with E-state index >= 15 is 0 Å². The summed E-state index contributed by atoms with van der Waals surface area (Å²) < 4.78 is 16.1. The van der Waals surface area contributed by atoms with Gasteiger partial charge in [0.15, 0.2) is 6.29 Å². The third-order valence-corrected chi connectivity index (χ3v) is 2.12. The number of hydrogen-bond donors (Lipinski definition) is 0. The molecule has 0 aromatic rings. The van der Waals surface area contributed by atoms with Gasteiger partial charge in [-0.3, -0.25) is 0 Å². The molecular formula is C8H14O3. The largest absolute Gasteiger partial charge is 0.379 e. The predicted octanol–water partition coefficient (Wildman–Crippen LogP) is 0.928. The van der Waals surface area contributed by atoms with Crippen molar-refractivity contribution >= 4 is 0 Å². The summed E-state index contributed by atoms with van der Waals surface area (Å²) in [5.74, 6) is 0. The lowest BCUT2D eigenvalue weighted by Crippen LogP contribution is -2.21. The average Bonchev–Trinajstić information content (AvgIpc) is 2.60. The molecule has 0 unspecified atom stereocenters. The minimum absolute atomic E-state index is 0.0571. The first-order valence-corrected chi connectivity index (χ1v) is 4.30. The Kier molecular flexibility index (Phi) is 2.41. The van der Waals surface area contributed by atoms with Gasteiger partial charge >= 0.3 is 0 Å².